The van der Waals surface area contributed by atoms with Crippen molar-refractivity contribution in [3.05, 3.63) is 12.2 Å². The zero-order chi connectivity index (χ0) is 13.0. The van der Waals surface area contributed by atoms with Crippen LogP contribution in [0.1, 0.15) is 38.5 Å². The van der Waals surface area contributed by atoms with Gasteiger partial charge in [-0.25, -0.2) is 0 Å². The number of fused-ring (bicyclic) bond motifs is 2. The van der Waals surface area contributed by atoms with Gasteiger partial charge in [0.05, 0.1) is 12.0 Å². The Hall–Kier alpha value is -0.960. The predicted octanol–water partition coefficient (Wildman–Crippen LogP) is 2.30. The van der Waals surface area contributed by atoms with Crippen LogP contribution in [0.3, 0.4) is 0 Å². The summed E-state index contributed by atoms with van der Waals surface area (Å²) in [6.45, 7) is 4.38. The average molecular weight is 248 g/mol. The van der Waals surface area contributed by atoms with Gasteiger partial charge in [-0.1, -0.05) is 6.58 Å². The third-order valence-corrected chi connectivity index (χ3v) is 5.58. The van der Waals surface area contributed by atoms with Crippen LogP contribution in [0.15, 0.2) is 12.2 Å². The van der Waals surface area contributed by atoms with E-state index in [0.717, 1.165) is 37.7 Å². The van der Waals surface area contributed by atoms with Crippen LogP contribution in [-0.4, -0.2) is 25.3 Å². The molecule has 0 N–H and O–H groups in total. The Kier molecular flexibility index (Phi) is 2.53. The monoisotopic (exact) mass is 248 g/mol. The largest absolute Gasteiger partial charge is 0.384 e. The Morgan fingerprint density at radius 2 is 2.17 bits per heavy atom. The van der Waals surface area contributed by atoms with E-state index >= 15 is 0 Å². The van der Waals surface area contributed by atoms with Gasteiger partial charge < -0.3 is 4.74 Å². The van der Waals surface area contributed by atoms with Crippen molar-refractivity contribution >= 4 is 11.6 Å². The fourth-order valence-electron chi connectivity index (χ4n) is 4.67. The van der Waals surface area contributed by atoms with Crippen LogP contribution in [0.25, 0.3) is 0 Å². The summed E-state index contributed by atoms with van der Waals surface area (Å²) in [7, 11) is 1.63. The van der Waals surface area contributed by atoms with E-state index in [0.29, 0.717) is 13.0 Å². The highest BCUT2D eigenvalue weighted by molar-refractivity contribution is 6.07. The minimum absolute atomic E-state index is 0.162. The average Bonchev–Trinajstić information content (AvgIpc) is 2.36. The molecule has 0 aliphatic heterocycles. The summed E-state index contributed by atoms with van der Waals surface area (Å²) < 4.78 is 5.34. The molecule has 0 saturated heterocycles. The summed E-state index contributed by atoms with van der Waals surface area (Å²) in [5, 5.41) is 0. The molecule has 0 aromatic rings. The minimum Gasteiger partial charge on any atom is -0.384 e. The van der Waals surface area contributed by atoms with Crippen molar-refractivity contribution in [1.82, 2.24) is 0 Å². The predicted molar refractivity (Wildman–Crippen MR) is 67.1 cm³/mol. The zero-order valence-corrected chi connectivity index (χ0v) is 11.0. The minimum atomic E-state index is -0.540. The van der Waals surface area contributed by atoms with Gasteiger partial charge in [-0.05, 0) is 43.6 Å². The number of Topliss-reactive ketones (excluding diaryl/α,β-unsaturated/α-hetero) is 2. The van der Waals surface area contributed by atoms with Gasteiger partial charge in [0.25, 0.3) is 0 Å². The molecule has 0 unspecified atom stereocenters. The molecule has 2 bridgehead atoms. The van der Waals surface area contributed by atoms with Gasteiger partial charge >= 0.3 is 0 Å². The molecule has 98 valence electrons. The van der Waals surface area contributed by atoms with E-state index in [2.05, 4.69) is 6.58 Å². The van der Waals surface area contributed by atoms with Crippen molar-refractivity contribution < 1.29 is 14.3 Å². The molecule has 18 heavy (non-hydrogen) atoms. The highest BCUT2D eigenvalue weighted by atomic mass is 16.5. The van der Waals surface area contributed by atoms with Crippen LogP contribution in [0.4, 0.5) is 0 Å². The SMILES string of the molecule is C=C1C(=O)[C@]23CCCC(=O)[C@@]2(COC)C[C@H]1CC3. The quantitative estimate of drug-likeness (QED) is 0.704. The molecule has 4 saturated carbocycles. The van der Waals surface area contributed by atoms with Gasteiger partial charge in [0, 0.05) is 18.9 Å². The summed E-state index contributed by atoms with van der Waals surface area (Å²) in [5.74, 6) is 0.618. The number of hydrogen-bond donors (Lipinski definition) is 0. The molecule has 3 atom stereocenters. The normalized spacial score (nSPS) is 43.2. The van der Waals surface area contributed by atoms with Gasteiger partial charge in [-0.2, -0.15) is 0 Å². The first-order valence-electron chi connectivity index (χ1n) is 6.83. The molecule has 0 heterocycles. The second-order valence-corrected chi connectivity index (χ2v) is 6.17. The molecule has 4 fully saturated rings. The molecule has 4 rings (SSSR count). The Morgan fingerprint density at radius 1 is 1.39 bits per heavy atom. The Balaban J connectivity index is 2.14. The van der Waals surface area contributed by atoms with E-state index in [4.69, 9.17) is 4.74 Å². The van der Waals surface area contributed by atoms with Crippen molar-refractivity contribution in [2.24, 2.45) is 16.7 Å². The van der Waals surface area contributed by atoms with E-state index in [1.807, 2.05) is 0 Å². The number of rotatable bonds is 2. The molecule has 4 aliphatic carbocycles. The lowest BCUT2D eigenvalue weighted by molar-refractivity contribution is -0.174. The number of hydrogen-bond acceptors (Lipinski definition) is 3. The van der Waals surface area contributed by atoms with Crippen molar-refractivity contribution in [1.29, 1.82) is 0 Å². The number of ether oxygens (including phenoxy) is 1. The first-order chi connectivity index (χ1) is 8.57. The first kappa shape index (κ1) is 12.1. The standard InChI is InChI=1S/C15H20O3/c1-10-11-5-7-14(13(10)17)6-3-4-12(16)15(14,8-11)9-18-2/h11H,1,3-9H2,2H3/t11-,14-,15+/m1/s1. The molecule has 0 amide bonds. The van der Waals surface area contributed by atoms with E-state index in [1.54, 1.807) is 7.11 Å². The maximum Gasteiger partial charge on any atom is 0.165 e. The number of carbonyl (C=O) groups excluding carboxylic acids is 2. The second-order valence-electron chi connectivity index (χ2n) is 6.17. The van der Waals surface area contributed by atoms with Crippen molar-refractivity contribution in [2.45, 2.75) is 38.5 Å². The molecule has 3 heteroatoms. The number of methoxy groups -OCH3 is 1. The molecule has 0 aromatic carbocycles. The maximum atomic E-state index is 12.7. The molecular weight excluding hydrogens is 228 g/mol. The third kappa shape index (κ3) is 1.18. The lowest BCUT2D eigenvalue weighted by Crippen LogP contribution is -2.64. The lowest BCUT2D eigenvalue weighted by atomic mass is 9.41. The van der Waals surface area contributed by atoms with Gasteiger partial charge in [-0.15, -0.1) is 0 Å². The second kappa shape index (κ2) is 3.77. The van der Waals surface area contributed by atoms with E-state index in [-0.39, 0.29) is 17.5 Å². The molecule has 0 aromatic heterocycles. The van der Waals surface area contributed by atoms with Crippen LogP contribution in [0.2, 0.25) is 0 Å². The first-order valence-corrected chi connectivity index (χ1v) is 6.83. The summed E-state index contributed by atoms with van der Waals surface area (Å²) in [4.78, 5) is 25.2. The van der Waals surface area contributed by atoms with Gasteiger partial charge in [0.15, 0.2) is 5.78 Å². The molecule has 1 spiro atoms. The van der Waals surface area contributed by atoms with Crippen LogP contribution >= 0.6 is 0 Å². The van der Waals surface area contributed by atoms with Crippen LogP contribution in [0, 0.1) is 16.7 Å². The van der Waals surface area contributed by atoms with Gasteiger partial charge in [0.1, 0.15) is 5.78 Å². The maximum absolute atomic E-state index is 12.7. The summed E-state index contributed by atoms with van der Waals surface area (Å²) >= 11 is 0. The number of allylic oxidation sites excluding steroid dienone is 1. The summed E-state index contributed by atoms with van der Waals surface area (Å²) in [6, 6.07) is 0. The third-order valence-electron chi connectivity index (χ3n) is 5.58. The molecule has 4 aliphatic rings. The fourth-order valence-corrected chi connectivity index (χ4v) is 4.67. The number of carbonyl (C=O) groups is 2. The summed E-state index contributed by atoms with van der Waals surface area (Å²) in [6.07, 6.45) is 4.94. The highest BCUT2D eigenvalue weighted by Gasteiger charge is 2.67. The van der Waals surface area contributed by atoms with Crippen LogP contribution < -0.4 is 0 Å². The molecular formula is C15H20O3. The number of ketones is 2. The van der Waals surface area contributed by atoms with Gasteiger partial charge in [0.2, 0.25) is 0 Å². The van der Waals surface area contributed by atoms with Gasteiger partial charge in [-0.3, -0.25) is 9.59 Å². The Labute approximate surface area is 108 Å². The van der Waals surface area contributed by atoms with Crippen molar-refractivity contribution in [2.75, 3.05) is 13.7 Å². The van der Waals surface area contributed by atoms with Crippen LogP contribution in [0.5, 0.6) is 0 Å². The van der Waals surface area contributed by atoms with E-state index < -0.39 is 10.8 Å². The summed E-state index contributed by atoms with van der Waals surface area (Å²) in [5.41, 5.74) is -0.256. The zero-order valence-electron chi connectivity index (χ0n) is 11.0. The Bertz CT molecular complexity index is 435. The smallest absolute Gasteiger partial charge is 0.165 e. The van der Waals surface area contributed by atoms with Crippen LogP contribution in [-0.2, 0) is 14.3 Å². The lowest BCUT2D eigenvalue weighted by Gasteiger charge is -2.60. The fraction of sp³-hybridized carbons (Fsp3) is 0.733. The van der Waals surface area contributed by atoms with E-state index in [1.165, 1.54) is 0 Å². The Morgan fingerprint density at radius 3 is 2.89 bits per heavy atom. The van der Waals surface area contributed by atoms with Crippen molar-refractivity contribution in [3.8, 4) is 0 Å². The topological polar surface area (TPSA) is 43.4 Å². The van der Waals surface area contributed by atoms with Crippen molar-refractivity contribution in [3.63, 3.8) is 0 Å². The van der Waals surface area contributed by atoms with E-state index in [9.17, 15) is 9.59 Å². The highest BCUT2D eigenvalue weighted by Crippen LogP contribution is 2.64. The molecule has 0 radical (unpaired) electrons. The molecule has 3 nitrogen and oxygen atoms in total.